The number of carbonyl (C=O) groups is 1. The molecule has 1 aromatic carbocycles. The Morgan fingerprint density at radius 1 is 1.32 bits per heavy atom. The van der Waals surface area contributed by atoms with Gasteiger partial charge in [0.25, 0.3) is 0 Å². The van der Waals surface area contributed by atoms with Crippen molar-refractivity contribution in [3.8, 4) is 6.07 Å². The van der Waals surface area contributed by atoms with E-state index in [0.29, 0.717) is 26.1 Å². The van der Waals surface area contributed by atoms with Gasteiger partial charge in [-0.1, -0.05) is 28.1 Å². The van der Waals surface area contributed by atoms with Crippen LogP contribution in [-0.4, -0.2) is 48.4 Å². The van der Waals surface area contributed by atoms with E-state index < -0.39 is 0 Å². The van der Waals surface area contributed by atoms with Crippen LogP contribution in [0.4, 0.5) is 0 Å². The van der Waals surface area contributed by atoms with Crippen LogP contribution in [0.25, 0.3) is 0 Å². The number of piperazine rings is 1. The molecule has 2 rings (SSSR count). The van der Waals surface area contributed by atoms with Gasteiger partial charge in [0, 0.05) is 30.7 Å². The lowest BCUT2D eigenvalue weighted by Crippen LogP contribution is -2.49. The Morgan fingerprint density at radius 3 is 2.68 bits per heavy atom. The Balaban J connectivity index is 1.86. The highest BCUT2D eigenvalue weighted by molar-refractivity contribution is 9.10. The molecule has 5 heteroatoms. The maximum Gasteiger partial charge on any atom is 0.227 e. The zero-order chi connectivity index (χ0) is 13.7. The fraction of sp³-hybridized carbons (Fsp3) is 0.429. The summed E-state index contributed by atoms with van der Waals surface area (Å²) in [5, 5.41) is 8.64. The fourth-order valence-corrected chi connectivity index (χ4v) is 2.64. The van der Waals surface area contributed by atoms with E-state index in [4.69, 9.17) is 5.26 Å². The lowest BCUT2D eigenvalue weighted by Gasteiger charge is -2.33. The van der Waals surface area contributed by atoms with E-state index >= 15 is 0 Å². The minimum absolute atomic E-state index is 0.162. The van der Waals surface area contributed by atoms with E-state index in [1.165, 1.54) is 0 Å². The lowest BCUT2D eigenvalue weighted by molar-refractivity contribution is -0.132. The summed E-state index contributed by atoms with van der Waals surface area (Å²) in [6.07, 6.45) is 0.442. The summed E-state index contributed by atoms with van der Waals surface area (Å²) in [5.41, 5.74) is 1.03. The van der Waals surface area contributed by atoms with Crippen molar-refractivity contribution in [1.29, 1.82) is 5.26 Å². The number of nitrogens with zero attached hydrogens (tertiary/aromatic N) is 3. The zero-order valence-electron chi connectivity index (χ0n) is 10.7. The second-order valence-corrected chi connectivity index (χ2v) is 5.54. The highest BCUT2D eigenvalue weighted by atomic mass is 79.9. The molecule has 1 heterocycles. The summed E-state index contributed by atoms with van der Waals surface area (Å²) < 4.78 is 0.997. The molecule has 0 unspecified atom stereocenters. The normalized spacial score (nSPS) is 16.1. The van der Waals surface area contributed by atoms with E-state index in [1.807, 2.05) is 29.2 Å². The van der Waals surface area contributed by atoms with Gasteiger partial charge >= 0.3 is 0 Å². The molecule has 0 N–H and O–H groups in total. The van der Waals surface area contributed by atoms with Gasteiger partial charge in [0.2, 0.25) is 5.91 Å². The van der Waals surface area contributed by atoms with Gasteiger partial charge in [-0.15, -0.1) is 0 Å². The number of rotatable bonds is 3. The maximum absolute atomic E-state index is 12.2. The number of benzene rings is 1. The summed E-state index contributed by atoms with van der Waals surface area (Å²) in [4.78, 5) is 16.1. The van der Waals surface area contributed by atoms with Gasteiger partial charge < -0.3 is 4.90 Å². The number of halogens is 1. The van der Waals surface area contributed by atoms with Gasteiger partial charge in [-0.05, 0) is 17.7 Å². The molecule has 0 radical (unpaired) electrons. The van der Waals surface area contributed by atoms with Crippen molar-refractivity contribution in [3.63, 3.8) is 0 Å². The van der Waals surface area contributed by atoms with Crippen LogP contribution in [0.5, 0.6) is 0 Å². The quantitative estimate of drug-likeness (QED) is 0.795. The Bertz CT molecular complexity index is 490. The molecule has 4 nitrogen and oxygen atoms in total. The SMILES string of the molecule is N#CCN1CCN(C(=O)Cc2cccc(Br)c2)CC1. The maximum atomic E-state index is 12.2. The second kappa shape index (κ2) is 6.69. The first-order valence-corrected chi connectivity index (χ1v) is 7.10. The summed E-state index contributed by atoms with van der Waals surface area (Å²) in [5.74, 6) is 0.162. The van der Waals surface area contributed by atoms with Crippen molar-refractivity contribution in [2.75, 3.05) is 32.7 Å². The third kappa shape index (κ3) is 4.05. The Kier molecular flexibility index (Phi) is 4.94. The third-order valence-electron chi connectivity index (χ3n) is 3.26. The number of hydrogen-bond acceptors (Lipinski definition) is 3. The van der Waals surface area contributed by atoms with Crippen LogP contribution in [0.3, 0.4) is 0 Å². The predicted octanol–water partition coefficient (Wildman–Crippen LogP) is 1.66. The van der Waals surface area contributed by atoms with Gasteiger partial charge in [0.15, 0.2) is 0 Å². The highest BCUT2D eigenvalue weighted by Crippen LogP contribution is 2.13. The minimum atomic E-state index is 0.162. The molecule has 0 aromatic heterocycles. The van der Waals surface area contributed by atoms with E-state index in [0.717, 1.165) is 23.1 Å². The number of amides is 1. The van der Waals surface area contributed by atoms with Crippen LogP contribution < -0.4 is 0 Å². The van der Waals surface area contributed by atoms with Crippen molar-refractivity contribution >= 4 is 21.8 Å². The van der Waals surface area contributed by atoms with Crippen molar-refractivity contribution in [2.45, 2.75) is 6.42 Å². The fourth-order valence-electron chi connectivity index (χ4n) is 2.19. The van der Waals surface area contributed by atoms with Crippen LogP contribution in [0.15, 0.2) is 28.7 Å². The molecule has 1 fully saturated rings. The molecule has 1 aliphatic rings. The summed E-state index contributed by atoms with van der Waals surface area (Å²) >= 11 is 3.41. The number of hydrogen-bond donors (Lipinski definition) is 0. The molecule has 100 valence electrons. The zero-order valence-corrected chi connectivity index (χ0v) is 12.3. The molecule has 1 aliphatic heterocycles. The molecule has 0 bridgehead atoms. The third-order valence-corrected chi connectivity index (χ3v) is 3.76. The van der Waals surface area contributed by atoms with E-state index in [-0.39, 0.29) is 5.91 Å². The Hall–Kier alpha value is -1.38. The predicted molar refractivity (Wildman–Crippen MR) is 76.5 cm³/mol. The standard InChI is InChI=1S/C14H16BrN3O/c15-13-3-1-2-12(10-13)11-14(19)18-8-6-17(5-4-16)7-9-18/h1-3,10H,5-9,11H2. The average molecular weight is 322 g/mol. The van der Waals surface area contributed by atoms with E-state index in [2.05, 4.69) is 26.9 Å². The van der Waals surface area contributed by atoms with Gasteiger partial charge in [-0.25, -0.2) is 0 Å². The molecule has 0 atom stereocenters. The van der Waals surface area contributed by atoms with Crippen LogP contribution in [-0.2, 0) is 11.2 Å². The second-order valence-electron chi connectivity index (χ2n) is 4.62. The molecule has 1 aromatic rings. The minimum Gasteiger partial charge on any atom is -0.340 e. The van der Waals surface area contributed by atoms with Crippen LogP contribution in [0.2, 0.25) is 0 Å². The molecule has 1 saturated heterocycles. The molecular weight excluding hydrogens is 306 g/mol. The summed E-state index contributed by atoms with van der Waals surface area (Å²) in [7, 11) is 0. The van der Waals surface area contributed by atoms with Crippen LogP contribution in [0.1, 0.15) is 5.56 Å². The largest absolute Gasteiger partial charge is 0.340 e. The molecule has 1 amide bonds. The lowest BCUT2D eigenvalue weighted by atomic mass is 10.1. The van der Waals surface area contributed by atoms with E-state index in [1.54, 1.807) is 0 Å². The molecule has 19 heavy (non-hydrogen) atoms. The monoisotopic (exact) mass is 321 g/mol. The molecule has 0 aliphatic carbocycles. The van der Waals surface area contributed by atoms with Crippen molar-refractivity contribution in [1.82, 2.24) is 9.80 Å². The van der Waals surface area contributed by atoms with Gasteiger partial charge in [-0.2, -0.15) is 5.26 Å². The van der Waals surface area contributed by atoms with Gasteiger partial charge in [0.1, 0.15) is 0 Å². The van der Waals surface area contributed by atoms with E-state index in [9.17, 15) is 4.79 Å². The first-order chi connectivity index (χ1) is 9.19. The van der Waals surface area contributed by atoms with Crippen LogP contribution >= 0.6 is 15.9 Å². The van der Waals surface area contributed by atoms with Crippen molar-refractivity contribution in [3.05, 3.63) is 34.3 Å². The van der Waals surface area contributed by atoms with Gasteiger partial charge in [0.05, 0.1) is 19.0 Å². The molecule has 0 spiro atoms. The van der Waals surface area contributed by atoms with Gasteiger partial charge in [-0.3, -0.25) is 9.69 Å². The topological polar surface area (TPSA) is 47.3 Å². The molecule has 0 saturated carbocycles. The Morgan fingerprint density at radius 2 is 2.05 bits per heavy atom. The van der Waals surface area contributed by atoms with Crippen LogP contribution in [0, 0.1) is 11.3 Å². The highest BCUT2D eigenvalue weighted by Gasteiger charge is 2.20. The summed E-state index contributed by atoms with van der Waals surface area (Å²) in [6, 6.07) is 9.98. The average Bonchev–Trinajstić information content (AvgIpc) is 2.40. The smallest absolute Gasteiger partial charge is 0.227 e. The number of nitriles is 1. The molecular formula is C14H16BrN3O. The van der Waals surface area contributed by atoms with Crippen molar-refractivity contribution in [2.24, 2.45) is 0 Å². The Labute approximate surface area is 121 Å². The van der Waals surface area contributed by atoms with Crippen molar-refractivity contribution < 1.29 is 4.79 Å². The number of carbonyl (C=O) groups excluding carboxylic acids is 1. The summed E-state index contributed by atoms with van der Waals surface area (Å²) in [6.45, 7) is 3.46. The first-order valence-electron chi connectivity index (χ1n) is 6.30. The first kappa shape index (κ1) is 14.0.